The number of nitrogens with zero attached hydrogens (tertiary/aromatic N) is 2. The zero-order valence-electron chi connectivity index (χ0n) is 4.80. The van der Waals surface area contributed by atoms with Gasteiger partial charge in [0, 0.05) is 18.8 Å². The van der Waals surface area contributed by atoms with Crippen molar-refractivity contribution in [2.45, 2.75) is 0 Å². The molecule has 0 aromatic carbocycles. The van der Waals surface area contributed by atoms with E-state index in [1.54, 1.807) is 7.05 Å². The van der Waals surface area contributed by atoms with E-state index in [0.29, 0.717) is 11.5 Å². The van der Waals surface area contributed by atoms with Gasteiger partial charge in [-0.05, 0) is 11.9 Å². The van der Waals surface area contributed by atoms with Crippen LogP contribution in [0.25, 0.3) is 0 Å². The average molecular weight is 165 g/mol. The lowest BCUT2D eigenvalue weighted by Gasteiger charge is -2.00. The van der Waals surface area contributed by atoms with Gasteiger partial charge in [0.15, 0.2) is 0 Å². The smallest absolute Gasteiger partial charge is 0.279 e. The number of carbonyl (C=O) groups is 1. The first kappa shape index (κ1) is 6.89. The molecule has 0 aliphatic carbocycles. The molecule has 1 fully saturated rings. The molecular formula is C4H5ClN2OS. The summed E-state index contributed by atoms with van der Waals surface area (Å²) in [6.45, 7) is 0. The van der Waals surface area contributed by atoms with Crippen LogP contribution in [0.15, 0.2) is 4.51 Å². The lowest BCUT2D eigenvalue weighted by molar-refractivity contribution is -0.118. The largest absolute Gasteiger partial charge is 0.284 e. The second kappa shape index (κ2) is 2.58. The molecule has 0 unspecified atom stereocenters. The summed E-state index contributed by atoms with van der Waals surface area (Å²) in [6.07, 6.45) is 0. The molecule has 0 saturated carbocycles. The predicted molar refractivity (Wildman–Crippen MR) is 38.5 cm³/mol. The lowest BCUT2D eigenvalue weighted by atomic mass is 10.4. The summed E-state index contributed by atoms with van der Waals surface area (Å²) in [5.41, 5.74) is 0.434. The van der Waals surface area contributed by atoms with Crippen molar-refractivity contribution in [2.24, 2.45) is 4.51 Å². The Bertz CT molecular complexity index is 170. The minimum absolute atomic E-state index is 0.0880. The second-order valence-corrected chi connectivity index (χ2v) is 2.87. The number of hydrogen-bond acceptors (Lipinski definition) is 3. The second-order valence-electron chi connectivity index (χ2n) is 1.61. The van der Waals surface area contributed by atoms with Gasteiger partial charge in [0.25, 0.3) is 5.91 Å². The zero-order valence-corrected chi connectivity index (χ0v) is 6.37. The Kier molecular flexibility index (Phi) is 1.97. The van der Waals surface area contributed by atoms with Gasteiger partial charge in [-0.2, -0.15) is 4.51 Å². The van der Waals surface area contributed by atoms with E-state index in [1.807, 2.05) is 0 Å². The number of amides is 1. The van der Waals surface area contributed by atoms with Crippen LogP contribution in [0.4, 0.5) is 0 Å². The minimum Gasteiger partial charge on any atom is -0.284 e. The Morgan fingerprint density at radius 3 is 2.78 bits per heavy atom. The molecular weight excluding hydrogens is 160 g/mol. The third kappa shape index (κ3) is 1.19. The molecule has 50 valence electrons. The van der Waals surface area contributed by atoms with Gasteiger partial charge < -0.3 is 0 Å². The van der Waals surface area contributed by atoms with Crippen molar-refractivity contribution in [3.63, 3.8) is 0 Å². The van der Waals surface area contributed by atoms with Gasteiger partial charge in [-0.3, -0.25) is 9.10 Å². The van der Waals surface area contributed by atoms with E-state index in [-0.39, 0.29) is 5.91 Å². The third-order valence-corrected chi connectivity index (χ3v) is 2.19. The maximum absolute atomic E-state index is 10.8. The molecule has 5 heteroatoms. The molecule has 0 spiro atoms. The summed E-state index contributed by atoms with van der Waals surface area (Å²) < 4.78 is 4.81. The van der Waals surface area contributed by atoms with Gasteiger partial charge in [0.1, 0.15) is 5.71 Å². The van der Waals surface area contributed by atoms with Gasteiger partial charge in [-0.1, -0.05) is 0 Å². The third-order valence-electron chi connectivity index (χ3n) is 1.03. The van der Waals surface area contributed by atoms with Gasteiger partial charge in [0.2, 0.25) is 0 Å². The SMILES string of the molecule is CN1SCC(=NCl)C1=O. The van der Waals surface area contributed by atoms with E-state index in [9.17, 15) is 4.79 Å². The maximum atomic E-state index is 10.8. The maximum Gasteiger partial charge on any atom is 0.279 e. The van der Waals surface area contributed by atoms with E-state index in [2.05, 4.69) is 4.51 Å². The van der Waals surface area contributed by atoms with E-state index in [0.717, 1.165) is 0 Å². The van der Waals surface area contributed by atoms with Gasteiger partial charge in [-0.15, -0.1) is 0 Å². The van der Waals surface area contributed by atoms with E-state index < -0.39 is 0 Å². The molecule has 9 heavy (non-hydrogen) atoms. The Morgan fingerprint density at radius 2 is 2.56 bits per heavy atom. The monoisotopic (exact) mass is 164 g/mol. The fourth-order valence-electron chi connectivity index (χ4n) is 0.521. The van der Waals surface area contributed by atoms with Crippen LogP contribution in [0.2, 0.25) is 0 Å². The summed E-state index contributed by atoms with van der Waals surface area (Å²) >= 11 is 6.50. The first-order valence-corrected chi connectivity index (χ1v) is 3.62. The molecule has 1 aliphatic rings. The quantitative estimate of drug-likeness (QED) is 0.494. The normalized spacial score (nSPS) is 24.0. The molecule has 1 aliphatic heterocycles. The number of halogens is 1. The van der Waals surface area contributed by atoms with Crippen molar-refractivity contribution in [2.75, 3.05) is 12.8 Å². The highest BCUT2D eigenvalue weighted by Gasteiger charge is 2.24. The molecule has 1 saturated heterocycles. The lowest BCUT2D eigenvalue weighted by Crippen LogP contribution is -2.19. The van der Waals surface area contributed by atoms with E-state index in [4.69, 9.17) is 11.8 Å². The summed E-state index contributed by atoms with van der Waals surface area (Å²) in [4.78, 5) is 10.8. The van der Waals surface area contributed by atoms with Crippen LogP contribution in [-0.2, 0) is 4.79 Å². The van der Waals surface area contributed by atoms with Crippen molar-refractivity contribution in [3.05, 3.63) is 0 Å². The number of hydrogen-bond donors (Lipinski definition) is 0. The summed E-state index contributed by atoms with van der Waals surface area (Å²) in [5.74, 6) is 0.508. The van der Waals surface area contributed by atoms with Crippen LogP contribution in [0, 0.1) is 0 Å². The van der Waals surface area contributed by atoms with Crippen LogP contribution in [0.1, 0.15) is 0 Å². The molecule has 0 atom stereocenters. The summed E-state index contributed by atoms with van der Waals surface area (Å²) in [5, 5.41) is 0. The van der Waals surface area contributed by atoms with Crippen LogP contribution in [0.5, 0.6) is 0 Å². The first-order valence-electron chi connectivity index (χ1n) is 2.34. The van der Waals surface area contributed by atoms with Gasteiger partial charge in [0.05, 0.1) is 5.75 Å². The van der Waals surface area contributed by atoms with Crippen molar-refractivity contribution in [3.8, 4) is 0 Å². The fourth-order valence-corrected chi connectivity index (χ4v) is 1.45. The van der Waals surface area contributed by atoms with Gasteiger partial charge in [-0.25, -0.2) is 0 Å². The fraction of sp³-hybridized carbons (Fsp3) is 0.500. The molecule has 1 rings (SSSR count). The van der Waals surface area contributed by atoms with Crippen molar-refractivity contribution < 1.29 is 4.79 Å². The Balaban J connectivity index is 2.74. The highest BCUT2D eigenvalue weighted by molar-refractivity contribution is 7.99. The molecule has 1 heterocycles. The minimum atomic E-state index is -0.0880. The molecule has 0 aromatic rings. The average Bonchev–Trinajstić information content (AvgIpc) is 2.15. The molecule has 0 radical (unpaired) electrons. The van der Waals surface area contributed by atoms with E-state index in [1.165, 1.54) is 16.3 Å². The first-order chi connectivity index (χ1) is 4.25. The predicted octanol–water partition coefficient (Wildman–Crippen LogP) is 0.701. The van der Waals surface area contributed by atoms with Crippen LogP contribution in [0.3, 0.4) is 0 Å². The highest BCUT2D eigenvalue weighted by Crippen LogP contribution is 2.17. The molecule has 1 amide bonds. The van der Waals surface area contributed by atoms with Crippen molar-refractivity contribution >= 4 is 35.3 Å². The summed E-state index contributed by atoms with van der Waals surface area (Å²) in [7, 11) is 1.70. The molecule has 3 nitrogen and oxygen atoms in total. The molecule has 0 bridgehead atoms. The Labute approximate surface area is 62.3 Å². The highest BCUT2D eigenvalue weighted by atomic mass is 35.5. The number of rotatable bonds is 0. The van der Waals surface area contributed by atoms with Crippen molar-refractivity contribution in [1.29, 1.82) is 0 Å². The Morgan fingerprint density at radius 1 is 1.89 bits per heavy atom. The van der Waals surface area contributed by atoms with E-state index >= 15 is 0 Å². The standard InChI is InChI=1S/C4H5ClN2OS/c1-7-4(8)3(6-5)2-9-7/h2H2,1H3. The van der Waals surface area contributed by atoms with Gasteiger partial charge >= 0.3 is 0 Å². The molecule has 0 N–H and O–H groups in total. The van der Waals surface area contributed by atoms with Crippen LogP contribution >= 0.6 is 23.7 Å². The topological polar surface area (TPSA) is 32.7 Å². The van der Waals surface area contributed by atoms with Crippen LogP contribution in [-0.4, -0.2) is 28.7 Å². The Hall–Kier alpha value is -0.220. The zero-order chi connectivity index (χ0) is 6.85. The van der Waals surface area contributed by atoms with Crippen molar-refractivity contribution in [1.82, 2.24) is 4.31 Å². The summed E-state index contributed by atoms with van der Waals surface area (Å²) in [6, 6.07) is 0. The molecule has 0 aromatic heterocycles. The van der Waals surface area contributed by atoms with Crippen LogP contribution < -0.4 is 0 Å². The number of carbonyl (C=O) groups excluding carboxylic acids is 1.